The molecule has 0 heterocycles. The molecule has 0 saturated carbocycles. The van der Waals surface area contributed by atoms with Gasteiger partial charge in [-0.3, -0.25) is 9.36 Å². The molecule has 0 radical (unpaired) electrons. The van der Waals surface area contributed by atoms with Gasteiger partial charge in [-0.15, -0.1) is 0 Å². The van der Waals surface area contributed by atoms with Gasteiger partial charge in [0.2, 0.25) is 5.91 Å². The first-order valence-corrected chi connectivity index (χ1v) is 6.70. The molecule has 88 valence electrons. The molecule has 0 saturated heterocycles. The van der Waals surface area contributed by atoms with E-state index in [4.69, 9.17) is 9.79 Å². The highest BCUT2D eigenvalue weighted by Crippen LogP contribution is 2.35. The second kappa shape index (κ2) is 7.63. The molecule has 0 aromatic carbocycles. The summed E-state index contributed by atoms with van der Waals surface area (Å²) in [7, 11) is -3.82. The van der Waals surface area contributed by atoms with Crippen LogP contribution in [-0.2, 0) is 9.36 Å². The maximum Gasteiger partial charge on any atom is 0.325 e. The van der Waals surface area contributed by atoms with Crippen molar-refractivity contribution in [3.05, 3.63) is 12.7 Å². The Morgan fingerprint density at radius 3 is 2.40 bits per heavy atom. The molecule has 0 atom stereocenters. The van der Waals surface area contributed by atoms with Gasteiger partial charge in [-0.25, -0.2) is 0 Å². The van der Waals surface area contributed by atoms with Gasteiger partial charge in [-0.1, -0.05) is 19.4 Å². The highest BCUT2D eigenvalue weighted by molar-refractivity contribution is 7.51. The number of unbranched alkanes of at least 4 members (excludes halogenated alkanes) is 3. The minimum Gasteiger partial charge on any atom is -0.353 e. The first-order valence-electron chi connectivity index (χ1n) is 4.90. The zero-order valence-electron chi connectivity index (χ0n) is 8.69. The van der Waals surface area contributed by atoms with Crippen molar-refractivity contribution in [2.24, 2.45) is 0 Å². The van der Waals surface area contributed by atoms with E-state index in [9.17, 15) is 9.36 Å². The van der Waals surface area contributed by atoms with Crippen molar-refractivity contribution in [2.45, 2.75) is 25.7 Å². The van der Waals surface area contributed by atoms with E-state index in [0.717, 1.165) is 19.3 Å². The molecule has 15 heavy (non-hydrogen) atoms. The maximum absolute atomic E-state index is 10.7. The Morgan fingerprint density at radius 2 is 1.87 bits per heavy atom. The Bertz CT molecular complexity index is 248. The Balaban J connectivity index is 3.22. The lowest BCUT2D eigenvalue weighted by molar-refractivity contribution is -0.116. The Hall–Kier alpha value is -0.640. The predicted molar refractivity (Wildman–Crippen MR) is 58.6 cm³/mol. The largest absolute Gasteiger partial charge is 0.353 e. The molecule has 3 N–H and O–H groups in total. The van der Waals surface area contributed by atoms with Crippen molar-refractivity contribution < 1.29 is 19.1 Å². The molecule has 6 heteroatoms. The molecule has 0 bridgehead atoms. The summed E-state index contributed by atoms with van der Waals surface area (Å²) in [5.74, 6) is -0.190. The van der Waals surface area contributed by atoms with E-state index < -0.39 is 7.60 Å². The van der Waals surface area contributed by atoms with Crippen LogP contribution in [0.3, 0.4) is 0 Å². The van der Waals surface area contributed by atoms with Crippen LogP contribution < -0.4 is 5.32 Å². The first kappa shape index (κ1) is 14.4. The Morgan fingerprint density at radius 1 is 1.27 bits per heavy atom. The summed E-state index contributed by atoms with van der Waals surface area (Å²) >= 11 is 0. The average Bonchev–Trinajstić information content (AvgIpc) is 2.14. The van der Waals surface area contributed by atoms with E-state index in [1.165, 1.54) is 6.08 Å². The summed E-state index contributed by atoms with van der Waals surface area (Å²) in [6, 6.07) is 0. The van der Waals surface area contributed by atoms with Crippen molar-refractivity contribution >= 4 is 13.5 Å². The molecule has 0 fully saturated rings. The van der Waals surface area contributed by atoms with Gasteiger partial charge in [0, 0.05) is 12.7 Å². The lowest BCUT2D eigenvalue weighted by Gasteiger charge is -2.04. The third kappa shape index (κ3) is 11.3. The van der Waals surface area contributed by atoms with Crippen LogP contribution in [0.2, 0.25) is 0 Å². The monoisotopic (exact) mass is 235 g/mol. The van der Waals surface area contributed by atoms with Crippen LogP contribution in [0.1, 0.15) is 25.7 Å². The van der Waals surface area contributed by atoms with Crippen molar-refractivity contribution in [1.82, 2.24) is 5.32 Å². The molecule has 5 nitrogen and oxygen atoms in total. The van der Waals surface area contributed by atoms with Gasteiger partial charge in [0.25, 0.3) is 0 Å². The van der Waals surface area contributed by atoms with Gasteiger partial charge in [-0.2, -0.15) is 0 Å². The van der Waals surface area contributed by atoms with E-state index in [0.29, 0.717) is 13.0 Å². The Labute approximate surface area is 89.7 Å². The van der Waals surface area contributed by atoms with E-state index in [-0.39, 0.29) is 12.1 Å². The lowest BCUT2D eigenvalue weighted by atomic mass is 10.2. The molecule has 0 aliphatic rings. The number of carbonyl (C=O) groups excluding carboxylic acids is 1. The number of hydrogen-bond donors (Lipinski definition) is 3. The van der Waals surface area contributed by atoms with Gasteiger partial charge < -0.3 is 15.1 Å². The number of amides is 1. The second-order valence-corrected chi connectivity index (χ2v) is 5.07. The van der Waals surface area contributed by atoms with E-state index in [1.54, 1.807) is 0 Å². The van der Waals surface area contributed by atoms with Gasteiger partial charge >= 0.3 is 7.60 Å². The van der Waals surface area contributed by atoms with E-state index in [1.807, 2.05) is 0 Å². The minimum atomic E-state index is -3.82. The normalized spacial score (nSPS) is 11.1. The minimum absolute atomic E-state index is 0.0496. The smallest absolute Gasteiger partial charge is 0.325 e. The number of carbonyl (C=O) groups is 1. The molecule has 0 aliphatic heterocycles. The maximum atomic E-state index is 10.7. The van der Waals surface area contributed by atoms with Crippen LogP contribution in [0.5, 0.6) is 0 Å². The summed E-state index contributed by atoms with van der Waals surface area (Å²) in [4.78, 5) is 27.8. The molecule has 1 amide bonds. The number of rotatable bonds is 8. The fourth-order valence-corrected chi connectivity index (χ4v) is 1.72. The fraction of sp³-hybridized carbons (Fsp3) is 0.667. The first-order chi connectivity index (χ1) is 6.95. The molecule has 0 aromatic rings. The number of nitrogens with one attached hydrogen (secondary N) is 1. The zero-order valence-corrected chi connectivity index (χ0v) is 9.58. The van der Waals surface area contributed by atoms with Crippen molar-refractivity contribution in [3.8, 4) is 0 Å². The van der Waals surface area contributed by atoms with Crippen LogP contribution in [0, 0.1) is 0 Å². The lowest BCUT2D eigenvalue weighted by Crippen LogP contribution is -2.21. The van der Waals surface area contributed by atoms with Gasteiger partial charge in [-0.05, 0) is 18.9 Å². The van der Waals surface area contributed by atoms with Gasteiger partial charge in [0.15, 0.2) is 0 Å². The molecule has 0 rings (SSSR count). The third-order valence-electron chi connectivity index (χ3n) is 1.86. The highest BCUT2D eigenvalue weighted by atomic mass is 31.2. The average molecular weight is 235 g/mol. The zero-order chi connectivity index (χ0) is 11.7. The predicted octanol–water partition coefficient (Wildman–Crippen LogP) is 1.03. The molecule has 0 aromatic heterocycles. The molecular formula is C9H18NO4P. The van der Waals surface area contributed by atoms with Crippen molar-refractivity contribution in [3.63, 3.8) is 0 Å². The standard InChI is InChI=1S/C9H18NO4P/c1-2-9(11)10-7-5-3-4-6-8-15(12,13)14/h2H,1,3-8H2,(H,10,11)(H2,12,13,14). The summed E-state index contributed by atoms with van der Waals surface area (Å²) < 4.78 is 10.5. The van der Waals surface area contributed by atoms with Crippen LogP contribution in [0.25, 0.3) is 0 Å². The molecule has 0 unspecified atom stereocenters. The third-order valence-corrected chi connectivity index (χ3v) is 2.76. The van der Waals surface area contributed by atoms with Crippen LogP contribution >= 0.6 is 7.60 Å². The molecule has 0 spiro atoms. The van der Waals surface area contributed by atoms with E-state index in [2.05, 4.69) is 11.9 Å². The van der Waals surface area contributed by atoms with Crippen molar-refractivity contribution in [1.29, 1.82) is 0 Å². The summed E-state index contributed by atoms with van der Waals surface area (Å²) in [6.45, 7) is 3.90. The van der Waals surface area contributed by atoms with Crippen LogP contribution in [-0.4, -0.2) is 28.4 Å². The summed E-state index contributed by atoms with van der Waals surface area (Å²) in [5.41, 5.74) is 0. The fourth-order valence-electron chi connectivity index (χ4n) is 1.08. The SMILES string of the molecule is C=CC(=O)NCCCCCCP(=O)(O)O. The topological polar surface area (TPSA) is 86.6 Å². The summed E-state index contributed by atoms with van der Waals surface area (Å²) in [6.07, 6.45) is 4.15. The second-order valence-electron chi connectivity index (χ2n) is 3.30. The van der Waals surface area contributed by atoms with Crippen LogP contribution in [0.15, 0.2) is 12.7 Å². The van der Waals surface area contributed by atoms with Gasteiger partial charge in [0.1, 0.15) is 0 Å². The van der Waals surface area contributed by atoms with Gasteiger partial charge in [0.05, 0.1) is 0 Å². The van der Waals surface area contributed by atoms with Crippen LogP contribution in [0.4, 0.5) is 0 Å². The Kier molecular flexibility index (Phi) is 7.30. The quantitative estimate of drug-likeness (QED) is 0.333. The molecule has 0 aliphatic carbocycles. The highest BCUT2D eigenvalue weighted by Gasteiger charge is 2.10. The van der Waals surface area contributed by atoms with Crippen molar-refractivity contribution in [2.75, 3.05) is 12.7 Å². The summed E-state index contributed by atoms with van der Waals surface area (Å²) in [5, 5.41) is 2.63. The molecular weight excluding hydrogens is 217 g/mol. The van der Waals surface area contributed by atoms with E-state index >= 15 is 0 Å². The number of hydrogen-bond acceptors (Lipinski definition) is 2.